The second-order valence-corrected chi connectivity index (χ2v) is 6.76. The number of hydrogen-bond acceptors (Lipinski definition) is 5. The van der Waals surface area contributed by atoms with Gasteiger partial charge in [0.25, 0.3) is 0 Å². The molecule has 130 valence electrons. The standard InChI is InChI=1S/C19H16N4O2S/c1-11(24)23(2)16-6-4-3-5-13(16)20-9-12-17-14(22-19(12)25)7-8-15-18(17)26-10-21-15/h3-10,22,25H,1-2H3. The highest BCUT2D eigenvalue weighted by molar-refractivity contribution is 7.17. The van der Waals surface area contributed by atoms with Crippen LogP contribution < -0.4 is 4.90 Å². The Morgan fingerprint density at radius 2 is 2.12 bits per heavy atom. The van der Waals surface area contributed by atoms with E-state index in [0.29, 0.717) is 16.9 Å². The number of hydrogen-bond donors (Lipinski definition) is 2. The SMILES string of the molecule is CC(=O)N(C)c1ccccc1N=Cc1c(O)[nH]c2ccc3ncsc3c12. The van der Waals surface area contributed by atoms with Crippen molar-refractivity contribution in [1.82, 2.24) is 9.97 Å². The maximum absolute atomic E-state index is 11.7. The number of benzene rings is 2. The molecule has 1 amide bonds. The summed E-state index contributed by atoms with van der Waals surface area (Å²) in [5.74, 6) is -0.0176. The highest BCUT2D eigenvalue weighted by atomic mass is 32.1. The number of carbonyl (C=O) groups excluding carboxylic acids is 1. The van der Waals surface area contributed by atoms with E-state index in [9.17, 15) is 9.90 Å². The third-order valence-corrected chi connectivity index (χ3v) is 5.18. The first kappa shape index (κ1) is 16.3. The summed E-state index contributed by atoms with van der Waals surface area (Å²) in [7, 11) is 1.71. The highest BCUT2D eigenvalue weighted by Crippen LogP contribution is 2.35. The van der Waals surface area contributed by atoms with E-state index >= 15 is 0 Å². The smallest absolute Gasteiger partial charge is 0.223 e. The van der Waals surface area contributed by atoms with E-state index in [-0.39, 0.29) is 11.8 Å². The summed E-state index contributed by atoms with van der Waals surface area (Å²) >= 11 is 1.52. The summed E-state index contributed by atoms with van der Waals surface area (Å²) in [5, 5.41) is 11.2. The second-order valence-electron chi connectivity index (χ2n) is 5.90. The van der Waals surface area contributed by atoms with Gasteiger partial charge >= 0.3 is 0 Å². The van der Waals surface area contributed by atoms with Gasteiger partial charge in [0.2, 0.25) is 5.91 Å². The predicted molar refractivity (Wildman–Crippen MR) is 106 cm³/mol. The van der Waals surface area contributed by atoms with Crippen LogP contribution in [0.25, 0.3) is 21.1 Å². The monoisotopic (exact) mass is 364 g/mol. The van der Waals surface area contributed by atoms with Crippen LogP contribution in [0.4, 0.5) is 11.4 Å². The number of aromatic nitrogens is 2. The lowest BCUT2D eigenvalue weighted by Gasteiger charge is -2.16. The molecule has 7 heteroatoms. The first-order valence-electron chi connectivity index (χ1n) is 8.00. The Kier molecular flexibility index (Phi) is 3.93. The molecule has 4 rings (SSSR count). The molecule has 0 saturated carbocycles. The molecule has 0 spiro atoms. The molecule has 4 aromatic rings. The number of aromatic amines is 1. The van der Waals surface area contributed by atoms with Gasteiger partial charge in [0.1, 0.15) is 0 Å². The molecule has 0 aliphatic heterocycles. The first-order valence-corrected chi connectivity index (χ1v) is 8.88. The number of nitrogens with zero attached hydrogens (tertiary/aromatic N) is 3. The van der Waals surface area contributed by atoms with Crippen LogP contribution in [0, 0.1) is 0 Å². The van der Waals surface area contributed by atoms with Gasteiger partial charge in [-0.1, -0.05) is 12.1 Å². The summed E-state index contributed by atoms with van der Waals surface area (Å²) in [5.41, 5.74) is 5.46. The molecule has 0 unspecified atom stereocenters. The van der Waals surface area contributed by atoms with Gasteiger partial charge in [0, 0.05) is 25.6 Å². The number of fused-ring (bicyclic) bond motifs is 3. The number of rotatable bonds is 3. The Morgan fingerprint density at radius 3 is 2.92 bits per heavy atom. The lowest BCUT2D eigenvalue weighted by atomic mass is 10.1. The minimum absolute atomic E-state index is 0.0575. The fourth-order valence-electron chi connectivity index (χ4n) is 2.90. The summed E-state index contributed by atoms with van der Waals surface area (Å²) in [6.07, 6.45) is 1.63. The molecule has 0 aliphatic rings. The van der Waals surface area contributed by atoms with E-state index in [1.807, 2.05) is 36.4 Å². The topological polar surface area (TPSA) is 81.6 Å². The Balaban J connectivity index is 1.85. The minimum Gasteiger partial charge on any atom is -0.494 e. The van der Waals surface area contributed by atoms with E-state index in [1.165, 1.54) is 18.3 Å². The number of thiazole rings is 1. The van der Waals surface area contributed by atoms with Gasteiger partial charge in [-0.25, -0.2) is 4.98 Å². The zero-order valence-electron chi connectivity index (χ0n) is 14.2. The van der Waals surface area contributed by atoms with Crippen LogP contribution in [-0.2, 0) is 4.79 Å². The molecular weight excluding hydrogens is 348 g/mol. The molecule has 0 fully saturated rings. The lowest BCUT2D eigenvalue weighted by molar-refractivity contribution is -0.116. The van der Waals surface area contributed by atoms with E-state index < -0.39 is 0 Å². The van der Waals surface area contributed by atoms with Crippen molar-refractivity contribution in [2.24, 2.45) is 4.99 Å². The number of aromatic hydroxyl groups is 1. The molecule has 26 heavy (non-hydrogen) atoms. The maximum Gasteiger partial charge on any atom is 0.223 e. The highest BCUT2D eigenvalue weighted by Gasteiger charge is 2.14. The number of aliphatic imine (C=N–C) groups is 1. The van der Waals surface area contributed by atoms with E-state index in [2.05, 4.69) is 15.0 Å². The summed E-state index contributed by atoms with van der Waals surface area (Å²) in [6, 6.07) is 11.2. The van der Waals surface area contributed by atoms with Crippen LogP contribution in [0.2, 0.25) is 0 Å². The molecule has 0 radical (unpaired) electrons. The molecule has 2 N–H and O–H groups in total. The molecule has 2 aromatic carbocycles. The van der Waals surface area contributed by atoms with Crippen molar-refractivity contribution < 1.29 is 9.90 Å². The summed E-state index contributed by atoms with van der Waals surface area (Å²) in [6.45, 7) is 1.51. The van der Waals surface area contributed by atoms with Crippen LogP contribution in [0.15, 0.2) is 46.9 Å². The van der Waals surface area contributed by atoms with Crippen molar-refractivity contribution in [2.45, 2.75) is 6.92 Å². The normalized spacial score (nSPS) is 11.6. The van der Waals surface area contributed by atoms with Crippen molar-refractivity contribution in [3.05, 3.63) is 47.5 Å². The Hall–Kier alpha value is -3.19. The second kappa shape index (κ2) is 6.27. The molecule has 0 bridgehead atoms. The van der Waals surface area contributed by atoms with Crippen molar-refractivity contribution >= 4 is 56.0 Å². The molecule has 0 saturated heterocycles. The predicted octanol–water partition coefficient (Wildman–Crippen LogP) is 4.22. The molecule has 0 aliphatic carbocycles. The van der Waals surface area contributed by atoms with Crippen LogP contribution in [0.1, 0.15) is 12.5 Å². The van der Waals surface area contributed by atoms with Crippen molar-refractivity contribution in [2.75, 3.05) is 11.9 Å². The number of nitrogens with one attached hydrogen (secondary N) is 1. The van der Waals surface area contributed by atoms with E-state index in [0.717, 1.165) is 21.1 Å². The molecular formula is C19H16N4O2S. The van der Waals surface area contributed by atoms with Crippen molar-refractivity contribution in [1.29, 1.82) is 0 Å². The van der Waals surface area contributed by atoms with Gasteiger partial charge < -0.3 is 15.0 Å². The van der Waals surface area contributed by atoms with Gasteiger partial charge in [0.15, 0.2) is 5.88 Å². The Morgan fingerprint density at radius 1 is 1.31 bits per heavy atom. The van der Waals surface area contributed by atoms with Crippen LogP contribution in [0.3, 0.4) is 0 Å². The summed E-state index contributed by atoms with van der Waals surface area (Å²) in [4.78, 5) is 25.1. The van der Waals surface area contributed by atoms with Gasteiger partial charge in [0.05, 0.1) is 38.2 Å². The van der Waals surface area contributed by atoms with Gasteiger partial charge in [-0.3, -0.25) is 9.79 Å². The average molecular weight is 364 g/mol. The third-order valence-electron chi connectivity index (χ3n) is 4.32. The number of para-hydroxylation sites is 2. The number of amides is 1. The fraction of sp³-hybridized carbons (Fsp3) is 0.105. The Bertz CT molecular complexity index is 1160. The van der Waals surface area contributed by atoms with Crippen LogP contribution >= 0.6 is 11.3 Å². The van der Waals surface area contributed by atoms with Gasteiger partial charge in [-0.05, 0) is 24.3 Å². The quantitative estimate of drug-likeness (QED) is 0.534. The van der Waals surface area contributed by atoms with E-state index in [4.69, 9.17) is 0 Å². The largest absolute Gasteiger partial charge is 0.494 e. The minimum atomic E-state index is -0.0750. The zero-order chi connectivity index (χ0) is 18.3. The average Bonchev–Trinajstić information content (AvgIpc) is 3.22. The van der Waals surface area contributed by atoms with Crippen molar-refractivity contribution in [3.8, 4) is 5.88 Å². The molecule has 2 heterocycles. The lowest BCUT2D eigenvalue weighted by Crippen LogP contribution is -2.22. The van der Waals surface area contributed by atoms with Crippen LogP contribution in [0.5, 0.6) is 5.88 Å². The summed E-state index contributed by atoms with van der Waals surface area (Å²) < 4.78 is 0.995. The molecule has 6 nitrogen and oxygen atoms in total. The van der Waals surface area contributed by atoms with Crippen molar-refractivity contribution in [3.63, 3.8) is 0 Å². The number of carbonyl (C=O) groups is 1. The Labute approximate surface area is 153 Å². The molecule has 0 atom stereocenters. The molecule has 2 aromatic heterocycles. The van der Waals surface area contributed by atoms with E-state index in [1.54, 1.807) is 23.7 Å². The van der Waals surface area contributed by atoms with Crippen LogP contribution in [-0.4, -0.2) is 34.2 Å². The van der Waals surface area contributed by atoms with Gasteiger partial charge in [-0.2, -0.15) is 0 Å². The third kappa shape index (κ3) is 2.62. The number of H-pyrrole nitrogens is 1. The maximum atomic E-state index is 11.7. The van der Waals surface area contributed by atoms with Gasteiger partial charge in [-0.15, -0.1) is 11.3 Å². The zero-order valence-corrected chi connectivity index (χ0v) is 15.0. The number of anilines is 1. The first-order chi connectivity index (χ1) is 12.6. The fourth-order valence-corrected chi connectivity index (χ4v) is 3.75.